The minimum absolute atomic E-state index is 0.112. The molecular formula is C20H30O2. The van der Waals surface area contributed by atoms with E-state index < -0.39 is 0 Å². The van der Waals surface area contributed by atoms with Crippen LogP contribution in [0.2, 0.25) is 0 Å². The fourth-order valence-electron chi connectivity index (χ4n) is 7.43. The number of aliphatic hydroxyl groups excluding tert-OH is 1. The van der Waals surface area contributed by atoms with Crippen molar-refractivity contribution < 1.29 is 9.90 Å². The number of carbonyl (C=O) groups is 1. The summed E-state index contributed by atoms with van der Waals surface area (Å²) in [7, 11) is 0. The lowest BCUT2D eigenvalue weighted by atomic mass is 9.41. The van der Waals surface area contributed by atoms with Crippen molar-refractivity contribution in [1.82, 2.24) is 0 Å². The number of aliphatic hydroxyl groups is 1. The lowest BCUT2D eigenvalue weighted by Crippen LogP contribution is -2.57. The maximum absolute atomic E-state index is 11.4. The molecule has 2 heteroatoms. The lowest BCUT2D eigenvalue weighted by Gasteiger charge is -2.64. The van der Waals surface area contributed by atoms with E-state index in [2.05, 4.69) is 19.9 Å². The highest BCUT2D eigenvalue weighted by molar-refractivity contribution is 5.75. The molecule has 0 aromatic rings. The summed E-state index contributed by atoms with van der Waals surface area (Å²) < 4.78 is 0. The van der Waals surface area contributed by atoms with Crippen LogP contribution in [0.5, 0.6) is 0 Å². The maximum atomic E-state index is 11.4. The average Bonchev–Trinajstić information content (AvgIpc) is 2.77. The molecule has 4 rings (SSSR count). The van der Waals surface area contributed by atoms with Gasteiger partial charge in [-0.3, -0.25) is 4.79 Å². The van der Waals surface area contributed by atoms with Crippen molar-refractivity contribution in [3.63, 3.8) is 0 Å². The Morgan fingerprint density at radius 3 is 2.73 bits per heavy atom. The van der Waals surface area contributed by atoms with Gasteiger partial charge in [0.2, 0.25) is 0 Å². The highest BCUT2D eigenvalue weighted by Crippen LogP contribution is 2.70. The zero-order chi connectivity index (χ0) is 15.6. The first-order valence-electron chi connectivity index (χ1n) is 9.26. The van der Waals surface area contributed by atoms with E-state index in [-0.39, 0.29) is 5.41 Å². The van der Waals surface area contributed by atoms with Crippen LogP contribution in [0.25, 0.3) is 0 Å². The molecule has 0 aliphatic heterocycles. The van der Waals surface area contributed by atoms with Gasteiger partial charge in [0.15, 0.2) is 0 Å². The summed E-state index contributed by atoms with van der Waals surface area (Å²) >= 11 is 0. The third-order valence-electron chi connectivity index (χ3n) is 8.34. The number of rotatable bonds is 2. The molecular weight excluding hydrogens is 272 g/mol. The Labute approximate surface area is 134 Å². The number of fused-ring (bicyclic) bond motifs is 3. The second kappa shape index (κ2) is 4.69. The number of hydrogen-bond acceptors (Lipinski definition) is 2. The lowest BCUT2D eigenvalue weighted by molar-refractivity contribution is -0.149. The van der Waals surface area contributed by atoms with Gasteiger partial charge in [0, 0.05) is 6.61 Å². The molecule has 122 valence electrons. The van der Waals surface area contributed by atoms with Gasteiger partial charge in [0.25, 0.3) is 0 Å². The van der Waals surface area contributed by atoms with Gasteiger partial charge in [-0.05, 0) is 84.5 Å². The normalized spacial score (nSPS) is 53.4. The summed E-state index contributed by atoms with van der Waals surface area (Å²) in [5.41, 5.74) is 1.87. The Kier molecular flexibility index (Phi) is 3.18. The molecule has 0 saturated heterocycles. The standard InChI is InChI=1S/C20H30O2/c1-18(13-22)7-3-8-19(2)16(18)6-9-20-10-14(4-5-17(19)20)15(11-20)12-21/h11-12,14,16-17,22H,3-10,13H2,1-2H3. The van der Waals surface area contributed by atoms with Crippen molar-refractivity contribution in [2.45, 2.75) is 65.2 Å². The zero-order valence-corrected chi connectivity index (χ0v) is 14.1. The van der Waals surface area contributed by atoms with E-state index in [9.17, 15) is 9.90 Å². The predicted molar refractivity (Wildman–Crippen MR) is 87.3 cm³/mol. The van der Waals surface area contributed by atoms with Crippen LogP contribution < -0.4 is 0 Å². The third kappa shape index (κ3) is 1.74. The molecule has 0 aromatic carbocycles. The van der Waals surface area contributed by atoms with Crippen LogP contribution in [0.4, 0.5) is 0 Å². The van der Waals surface area contributed by atoms with E-state index >= 15 is 0 Å². The summed E-state index contributed by atoms with van der Waals surface area (Å²) in [5.74, 6) is 1.92. The van der Waals surface area contributed by atoms with Crippen LogP contribution in [0.3, 0.4) is 0 Å². The average molecular weight is 302 g/mol. The van der Waals surface area contributed by atoms with Crippen LogP contribution in [0.15, 0.2) is 11.6 Å². The Morgan fingerprint density at radius 1 is 1.18 bits per heavy atom. The molecule has 6 unspecified atom stereocenters. The van der Waals surface area contributed by atoms with E-state index in [1.54, 1.807) is 0 Å². The van der Waals surface area contributed by atoms with Gasteiger partial charge in [0.1, 0.15) is 6.29 Å². The van der Waals surface area contributed by atoms with Gasteiger partial charge >= 0.3 is 0 Å². The Bertz CT molecular complexity index is 524. The third-order valence-corrected chi connectivity index (χ3v) is 8.34. The largest absolute Gasteiger partial charge is 0.396 e. The summed E-state index contributed by atoms with van der Waals surface area (Å²) in [5, 5.41) is 10.1. The van der Waals surface area contributed by atoms with E-state index in [4.69, 9.17) is 0 Å². The molecule has 6 atom stereocenters. The minimum atomic E-state index is 0.112. The molecule has 3 saturated carbocycles. The molecule has 22 heavy (non-hydrogen) atoms. The van der Waals surface area contributed by atoms with Crippen molar-refractivity contribution >= 4 is 6.29 Å². The second-order valence-corrected chi connectivity index (χ2v) is 9.29. The van der Waals surface area contributed by atoms with Gasteiger partial charge in [-0.2, -0.15) is 0 Å². The zero-order valence-electron chi connectivity index (χ0n) is 14.1. The van der Waals surface area contributed by atoms with Gasteiger partial charge in [-0.1, -0.05) is 26.3 Å². The van der Waals surface area contributed by atoms with Crippen LogP contribution in [-0.2, 0) is 4.79 Å². The van der Waals surface area contributed by atoms with Crippen LogP contribution >= 0.6 is 0 Å². The number of aldehydes is 1. The Balaban J connectivity index is 1.75. The van der Waals surface area contributed by atoms with Crippen molar-refractivity contribution in [2.75, 3.05) is 6.61 Å². The van der Waals surface area contributed by atoms with Crippen molar-refractivity contribution in [2.24, 2.45) is 34.0 Å². The van der Waals surface area contributed by atoms with Crippen molar-refractivity contribution in [3.05, 3.63) is 11.6 Å². The topological polar surface area (TPSA) is 37.3 Å². The van der Waals surface area contributed by atoms with Gasteiger partial charge in [-0.25, -0.2) is 0 Å². The fourth-order valence-corrected chi connectivity index (χ4v) is 7.43. The maximum Gasteiger partial charge on any atom is 0.146 e. The molecule has 1 spiro atoms. The van der Waals surface area contributed by atoms with Gasteiger partial charge in [-0.15, -0.1) is 0 Å². The molecule has 4 aliphatic carbocycles. The van der Waals surface area contributed by atoms with E-state index in [1.165, 1.54) is 51.4 Å². The summed E-state index contributed by atoms with van der Waals surface area (Å²) in [4.78, 5) is 11.4. The van der Waals surface area contributed by atoms with E-state index in [0.29, 0.717) is 29.3 Å². The first-order valence-corrected chi connectivity index (χ1v) is 9.26. The monoisotopic (exact) mass is 302 g/mol. The Hall–Kier alpha value is -0.630. The first-order chi connectivity index (χ1) is 10.5. The highest BCUT2D eigenvalue weighted by atomic mass is 16.3. The molecule has 4 aliphatic rings. The molecule has 0 heterocycles. The predicted octanol–water partition coefficient (Wildman–Crippen LogP) is 4.13. The number of allylic oxidation sites excluding steroid dienone is 2. The van der Waals surface area contributed by atoms with E-state index in [0.717, 1.165) is 17.8 Å². The first kappa shape index (κ1) is 14.9. The van der Waals surface area contributed by atoms with Crippen LogP contribution in [0, 0.1) is 34.0 Å². The molecule has 0 radical (unpaired) electrons. The van der Waals surface area contributed by atoms with Crippen molar-refractivity contribution in [1.29, 1.82) is 0 Å². The van der Waals surface area contributed by atoms with E-state index in [1.807, 2.05) is 0 Å². The molecule has 2 bridgehead atoms. The quantitative estimate of drug-likeness (QED) is 0.779. The summed E-state index contributed by atoms with van der Waals surface area (Å²) in [6, 6.07) is 0. The fraction of sp³-hybridized carbons (Fsp3) is 0.850. The molecule has 2 nitrogen and oxygen atoms in total. The van der Waals surface area contributed by atoms with Gasteiger partial charge in [0.05, 0.1) is 0 Å². The minimum Gasteiger partial charge on any atom is -0.396 e. The summed E-state index contributed by atoms with van der Waals surface area (Å²) in [6.45, 7) is 5.18. The number of hydrogen-bond donors (Lipinski definition) is 1. The summed E-state index contributed by atoms with van der Waals surface area (Å²) in [6.07, 6.45) is 13.5. The highest BCUT2D eigenvalue weighted by Gasteiger charge is 2.62. The SMILES string of the molecule is CC1(CO)CCCC2(C)C1CCC13C=C(C=O)C(CCC12)C3. The molecule has 1 N–H and O–H groups in total. The van der Waals surface area contributed by atoms with Crippen LogP contribution in [0.1, 0.15) is 65.2 Å². The van der Waals surface area contributed by atoms with Gasteiger partial charge < -0.3 is 5.11 Å². The second-order valence-electron chi connectivity index (χ2n) is 9.29. The molecule has 0 aromatic heterocycles. The Morgan fingerprint density at radius 2 is 2.00 bits per heavy atom. The van der Waals surface area contributed by atoms with Crippen LogP contribution in [-0.4, -0.2) is 18.0 Å². The smallest absolute Gasteiger partial charge is 0.146 e. The molecule has 3 fully saturated rings. The number of carbonyl (C=O) groups excluding carboxylic acids is 1. The van der Waals surface area contributed by atoms with Crippen molar-refractivity contribution in [3.8, 4) is 0 Å². The molecule has 0 amide bonds.